The Hall–Kier alpha value is -1.37. The van der Waals surface area contributed by atoms with Crippen molar-refractivity contribution in [3.8, 4) is 0 Å². The molecule has 116 valence electrons. The number of thiocarbonyl (C=S) groups is 1. The quantitative estimate of drug-likeness (QED) is 0.863. The Kier molecular flexibility index (Phi) is 4.70. The van der Waals surface area contributed by atoms with Crippen molar-refractivity contribution in [3.63, 3.8) is 0 Å². The topological polar surface area (TPSA) is 42.2 Å². The molecule has 21 heavy (non-hydrogen) atoms. The maximum atomic E-state index is 12.9. The summed E-state index contributed by atoms with van der Waals surface area (Å²) in [6.07, 6.45) is -0.380. The van der Waals surface area contributed by atoms with Crippen molar-refractivity contribution in [1.82, 2.24) is 4.98 Å². The van der Waals surface area contributed by atoms with Gasteiger partial charge in [0.1, 0.15) is 16.5 Å². The SMILES string of the molecule is CCN(c1nc(C(F)(F)F)ccc1C(N)=S)C1CCCC1. The van der Waals surface area contributed by atoms with E-state index in [1.165, 1.54) is 6.07 Å². The number of hydrogen-bond acceptors (Lipinski definition) is 3. The number of halogens is 3. The number of alkyl halides is 3. The molecular weight excluding hydrogens is 299 g/mol. The second-order valence-electron chi connectivity index (χ2n) is 5.15. The summed E-state index contributed by atoms with van der Waals surface area (Å²) in [6, 6.07) is 2.46. The molecule has 7 heteroatoms. The van der Waals surface area contributed by atoms with Crippen LogP contribution in [0.2, 0.25) is 0 Å². The highest BCUT2D eigenvalue weighted by Gasteiger charge is 2.34. The first-order valence-corrected chi connectivity index (χ1v) is 7.40. The van der Waals surface area contributed by atoms with E-state index in [0.29, 0.717) is 12.1 Å². The molecule has 1 aromatic heterocycles. The van der Waals surface area contributed by atoms with Crippen LogP contribution in [0.5, 0.6) is 0 Å². The summed E-state index contributed by atoms with van der Waals surface area (Å²) < 4.78 is 38.7. The largest absolute Gasteiger partial charge is 0.433 e. The number of rotatable bonds is 4. The lowest BCUT2D eigenvalue weighted by atomic mass is 10.1. The molecule has 2 rings (SSSR count). The summed E-state index contributed by atoms with van der Waals surface area (Å²) in [5, 5.41) is 0. The minimum atomic E-state index is -4.47. The van der Waals surface area contributed by atoms with Crippen molar-refractivity contribution >= 4 is 23.0 Å². The molecule has 1 fully saturated rings. The molecule has 0 saturated heterocycles. The van der Waals surface area contributed by atoms with Crippen molar-refractivity contribution in [2.75, 3.05) is 11.4 Å². The maximum absolute atomic E-state index is 12.9. The van der Waals surface area contributed by atoms with Crippen LogP contribution in [0.15, 0.2) is 12.1 Å². The van der Waals surface area contributed by atoms with E-state index in [4.69, 9.17) is 18.0 Å². The van der Waals surface area contributed by atoms with Gasteiger partial charge in [-0.25, -0.2) is 4.98 Å². The molecule has 0 unspecified atom stereocenters. The van der Waals surface area contributed by atoms with Crippen LogP contribution >= 0.6 is 12.2 Å². The van der Waals surface area contributed by atoms with Crippen molar-refractivity contribution < 1.29 is 13.2 Å². The average molecular weight is 317 g/mol. The molecule has 2 N–H and O–H groups in total. The number of aromatic nitrogens is 1. The van der Waals surface area contributed by atoms with Gasteiger partial charge in [-0.15, -0.1) is 0 Å². The van der Waals surface area contributed by atoms with E-state index in [2.05, 4.69) is 4.98 Å². The maximum Gasteiger partial charge on any atom is 0.433 e. The molecule has 1 heterocycles. The number of nitrogens with zero attached hydrogens (tertiary/aromatic N) is 2. The first-order chi connectivity index (χ1) is 9.84. The Morgan fingerprint density at radius 3 is 2.48 bits per heavy atom. The van der Waals surface area contributed by atoms with E-state index in [-0.39, 0.29) is 16.8 Å². The highest BCUT2D eigenvalue weighted by atomic mass is 32.1. The van der Waals surface area contributed by atoms with Gasteiger partial charge < -0.3 is 10.6 Å². The Bertz CT molecular complexity index is 525. The Morgan fingerprint density at radius 2 is 2.00 bits per heavy atom. The zero-order chi connectivity index (χ0) is 15.6. The number of anilines is 1. The fourth-order valence-electron chi connectivity index (χ4n) is 2.81. The lowest BCUT2D eigenvalue weighted by Crippen LogP contribution is -2.36. The lowest BCUT2D eigenvalue weighted by molar-refractivity contribution is -0.141. The van der Waals surface area contributed by atoms with Crippen LogP contribution in [0.4, 0.5) is 19.0 Å². The molecule has 0 amide bonds. The smallest absolute Gasteiger partial charge is 0.389 e. The summed E-state index contributed by atoms with van der Waals surface area (Å²) in [7, 11) is 0. The molecular formula is C14H18F3N3S. The molecule has 0 aromatic carbocycles. The molecule has 0 aliphatic heterocycles. The minimum absolute atomic E-state index is 0.0719. The summed E-state index contributed by atoms with van der Waals surface area (Å²) in [5.74, 6) is 0.256. The van der Waals surface area contributed by atoms with Gasteiger partial charge in [0.05, 0.1) is 5.56 Å². The molecule has 3 nitrogen and oxygen atoms in total. The van der Waals surface area contributed by atoms with E-state index in [1.54, 1.807) is 0 Å². The Morgan fingerprint density at radius 1 is 1.38 bits per heavy atom. The molecule has 1 aliphatic rings. The van der Waals surface area contributed by atoms with Gasteiger partial charge in [-0.05, 0) is 31.9 Å². The standard InChI is InChI=1S/C14H18F3N3S/c1-2-20(9-5-3-4-6-9)13-10(12(18)21)7-8-11(19-13)14(15,16)17/h7-9H,2-6H2,1H3,(H2,18,21). The predicted octanol–water partition coefficient (Wildman–Crippen LogP) is 3.50. The molecule has 1 saturated carbocycles. The third-order valence-corrected chi connectivity index (χ3v) is 4.03. The van der Waals surface area contributed by atoms with Crippen LogP contribution < -0.4 is 10.6 Å². The fourth-order valence-corrected chi connectivity index (χ4v) is 2.97. The first kappa shape index (κ1) is 16.0. The third-order valence-electron chi connectivity index (χ3n) is 3.81. The third kappa shape index (κ3) is 3.45. The van der Waals surface area contributed by atoms with Crippen LogP contribution in [0.1, 0.15) is 43.9 Å². The average Bonchev–Trinajstić information content (AvgIpc) is 2.92. The molecule has 0 bridgehead atoms. The first-order valence-electron chi connectivity index (χ1n) is 6.99. The van der Waals surface area contributed by atoms with E-state index in [9.17, 15) is 13.2 Å². The normalized spacial score (nSPS) is 16.2. The van der Waals surface area contributed by atoms with Gasteiger partial charge in [-0.1, -0.05) is 25.1 Å². The highest BCUT2D eigenvalue weighted by molar-refractivity contribution is 7.80. The number of pyridine rings is 1. The van der Waals surface area contributed by atoms with Crippen LogP contribution in [0.25, 0.3) is 0 Å². The van der Waals surface area contributed by atoms with Gasteiger partial charge in [0.25, 0.3) is 0 Å². The molecule has 0 radical (unpaired) electrons. The molecule has 1 aliphatic carbocycles. The Labute approximate surface area is 127 Å². The van der Waals surface area contributed by atoms with Crippen molar-refractivity contribution in [2.24, 2.45) is 5.73 Å². The van der Waals surface area contributed by atoms with Crippen molar-refractivity contribution in [3.05, 3.63) is 23.4 Å². The van der Waals surface area contributed by atoms with Gasteiger partial charge in [0.15, 0.2) is 0 Å². The van der Waals surface area contributed by atoms with Crippen LogP contribution in [-0.2, 0) is 6.18 Å². The minimum Gasteiger partial charge on any atom is -0.389 e. The lowest BCUT2D eigenvalue weighted by Gasteiger charge is -2.30. The van der Waals surface area contributed by atoms with E-state index >= 15 is 0 Å². The fraction of sp³-hybridized carbons (Fsp3) is 0.571. The summed E-state index contributed by atoms with van der Waals surface area (Å²) in [6.45, 7) is 2.48. The number of hydrogen-bond donors (Lipinski definition) is 1. The van der Waals surface area contributed by atoms with Gasteiger partial charge >= 0.3 is 6.18 Å². The van der Waals surface area contributed by atoms with Crippen LogP contribution in [-0.4, -0.2) is 22.6 Å². The monoisotopic (exact) mass is 317 g/mol. The zero-order valence-electron chi connectivity index (χ0n) is 11.8. The molecule has 0 spiro atoms. The zero-order valence-corrected chi connectivity index (χ0v) is 12.6. The molecule has 0 atom stereocenters. The predicted molar refractivity (Wildman–Crippen MR) is 80.4 cm³/mol. The second kappa shape index (κ2) is 6.17. The van der Waals surface area contributed by atoms with Crippen molar-refractivity contribution in [1.29, 1.82) is 0 Å². The van der Waals surface area contributed by atoms with Crippen molar-refractivity contribution in [2.45, 2.75) is 44.8 Å². The van der Waals surface area contributed by atoms with E-state index in [1.807, 2.05) is 11.8 Å². The van der Waals surface area contributed by atoms with Gasteiger partial charge in [0.2, 0.25) is 0 Å². The van der Waals surface area contributed by atoms with E-state index < -0.39 is 11.9 Å². The van der Waals surface area contributed by atoms with Crippen LogP contribution in [0, 0.1) is 0 Å². The summed E-state index contributed by atoms with van der Waals surface area (Å²) >= 11 is 4.96. The van der Waals surface area contributed by atoms with Gasteiger partial charge in [-0.2, -0.15) is 13.2 Å². The number of nitrogens with two attached hydrogens (primary N) is 1. The summed E-state index contributed by atoms with van der Waals surface area (Å²) in [5.41, 5.74) is 5.15. The van der Waals surface area contributed by atoms with E-state index in [0.717, 1.165) is 31.7 Å². The second-order valence-corrected chi connectivity index (χ2v) is 5.59. The van der Waals surface area contributed by atoms with Gasteiger partial charge in [-0.3, -0.25) is 0 Å². The van der Waals surface area contributed by atoms with Crippen LogP contribution in [0.3, 0.4) is 0 Å². The van der Waals surface area contributed by atoms with Gasteiger partial charge in [0, 0.05) is 12.6 Å². The highest BCUT2D eigenvalue weighted by Crippen LogP contribution is 2.33. The summed E-state index contributed by atoms with van der Waals surface area (Å²) in [4.78, 5) is 5.79. The molecule has 1 aromatic rings. The Balaban J connectivity index is 2.48.